The zero-order valence-electron chi connectivity index (χ0n) is 13.2. The first kappa shape index (κ1) is 17.4. The minimum atomic E-state index is -0.739. The molecule has 0 aromatic heterocycles. The Labute approximate surface area is 139 Å². The molecule has 2 rings (SSSR count). The Balaban J connectivity index is 2.01. The molecule has 0 radical (unpaired) electrons. The van der Waals surface area contributed by atoms with Gasteiger partial charge in [0.1, 0.15) is 12.4 Å². The maximum Gasteiger partial charge on any atom is 0.341 e. The van der Waals surface area contributed by atoms with Gasteiger partial charge in [-0.15, -0.1) is 0 Å². The normalized spacial score (nSPS) is 10.6. The number of carbonyl (C=O) groups excluding carboxylic acids is 2. The van der Waals surface area contributed by atoms with E-state index in [1.54, 1.807) is 6.92 Å². The number of carbonyl (C=O) groups is 2. The number of halogens is 1. The summed E-state index contributed by atoms with van der Waals surface area (Å²) < 4.78 is 23.9. The quantitative estimate of drug-likeness (QED) is 0.598. The van der Waals surface area contributed by atoms with Crippen molar-refractivity contribution in [1.82, 2.24) is 0 Å². The van der Waals surface area contributed by atoms with Crippen molar-refractivity contribution in [2.45, 2.75) is 13.5 Å². The van der Waals surface area contributed by atoms with E-state index in [0.717, 1.165) is 11.6 Å². The van der Waals surface area contributed by atoms with Crippen LogP contribution < -0.4 is 0 Å². The van der Waals surface area contributed by atoms with Crippen molar-refractivity contribution < 1.29 is 23.5 Å². The third kappa shape index (κ3) is 5.05. The SMILES string of the molecule is CCOC(=O)/C=C/c1ccc(C(=O)OCc2ccccc2)c(F)c1. The Morgan fingerprint density at radius 2 is 1.83 bits per heavy atom. The highest BCUT2D eigenvalue weighted by Gasteiger charge is 2.13. The second-order valence-electron chi connectivity index (χ2n) is 4.89. The maximum atomic E-state index is 14.0. The molecule has 0 spiro atoms. The molecule has 24 heavy (non-hydrogen) atoms. The van der Waals surface area contributed by atoms with Gasteiger partial charge in [-0.1, -0.05) is 36.4 Å². The summed E-state index contributed by atoms with van der Waals surface area (Å²) in [5.74, 6) is -1.96. The summed E-state index contributed by atoms with van der Waals surface area (Å²) in [5, 5.41) is 0. The number of esters is 2. The van der Waals surface area contributed by atoms with Crippen LogP contribution in [0.1, 0.15) is 28.4 Å². The van der Waals surface area contributed by atoms with Gasteiger partial charge in [0, 0.05) is 6.08 Å². The maximum absolute atomic E-state index is 14.0. The van der Waals surface area contributed by atoms with E-state index in [0.29, 0.717) is 5.56 Å². The molecule has 0 atom stereocenters. The minimum absolute atomic E-state index is 0.0730. The van der Waals surface area contributed by atoms with Crippen LogP contribution in [0.15, 0.2) is 54.6 Å². The molecule has 5 heteroatoms. The van der Waals surface area contributed by atoms with Gasteiger partial charge in [-0.25, -0.2) is 14.0 Å². The molecule has 0 fully saturated rings. The van der Waals surface area contributed by atoms with Gasteiger partial charge in [0.2, 0.25) is 0 Å². The van der Waals surface area contributed by atoms with E-state index in [4.69, 9.17) is 9.47 Å². The van der Waals surface area contributed by atoms with Crippen LogP contribution in [-0.4, -0.2) is 18.5 Å². The van der Waals surface area contributed by atoms with Gasteiger partial charge in [0.05, 0.1) is 12.2 Å². The van der Waals surface area contributed by atoms with Gasteiger partial charge < -0.3 is 9.47 Å². The van der Waals surface area contributed by atoms with E-state index >= 15 is 0 Å². The molecule has 0 aliphatic carbocycles. The van der Waals surface area contributed by atoms with Gasteiger partial charge in [0.15, 0.2) is 0 Å². The average molecular weight is 328 g/mol. The predicted molar refractivity (Wildman–Crippen MR) is 87.6 cm³/mol. The first-order valence-corrected chi connectivity index (χ1v) is 7.45. The van der Waals surface area contributed by atoms with Crippen LogP contribution in [-0.2, 0) is 20.9 Å². The topological polar surface area (TPSA) is 52.6 Å². The molecular formula is C19H17FO4. The van der Waals surface area contributed by atoms with Crippen LogP contribution in [0.3, 0.4) is 0 Å². The Hall–Kier alpha value is -2.95. The first-order valence-electron chi connectivity index (χ1n) is 7.45. The van der Waals surface area contributed by atoms with Crippen LogP contribution in [0.2, 0.25) is 0 Å². The van der Waals surface area contributed by atoms with E-state index in [1.807, 2.05) is 30.3 Å². The Kier molecular flexibility index (Phi) is 6.25. The lowest BCUT2D eigenvalue weighted by Crippen LogP contribution is -2.07. The van der Waals surface area contributed by atoms with Crippen molar-refractivity contribution in [2.75, 3.05) is 6.61 Å². The predicted octanol–water partition coefficient (Wildman–Crippen LogP) is 3.76. The first-order chi connectivity index (χ1) is 11.6. The summed E-state index contributed by atoms with van der Waals surface area (Å²) in [6.07, 6.45) is 2.62. The molecule has 0 saturated heterocycles. The molecule has 124 valence electrons. The molecule has 2 aromatic carbocycles. The smallest absolute Gasteiger partial charge is 0.341 e. The van der Waals surface area contributed by atoms with Crippen LogP contribution in [0, 0.1) is 5.82 Å². The van der Waals surface area contributed by atoms with Gasteiger partial charge in [-0.3, -0.25) is 0 Å². The fraction of sp³-hybridized carbons (Fsp3) is 0.158. The third-order valence-corrected chi connectivity index (χ3v) is 3.12. The molecule has 0 aliphatic heterocycles. The van der Waals surface area contributed by atoms with E-state index in [2.05, 4.69) is 0 Å². The highest BCUT2D eigenvalue weighted by molar-refractivity contribution is 5.90. The lowest BCUT2D eigenvalue weighted by atomic mass is 10.1. The van der Waals surface area contributed by atoms with Crippen molar-refractivity contribution >= 4 is 18.0 Å². The number of rotatable bonds is 6. The van der Waals surface area contributed by atoms with E-state index < -0.39 is 17.8 Å². The van der Waals surface area contributed by atoms with Crippen molar-refractivity contribution in [3.63, 3.8) is 0 Å². The zero-order valence-corrected chi connectivity index (χ0v) is 13.2. The molecule has 4 nitrogen and oxygen atoms in total. The third-order valence-electron chi connectivity index (χ3n) is 3.12. The fourth-order valence-electron chi connectivity index (χ4n) is 1.96. The molecular weight excluding hydrogens is 311 g/mol. The Bertz CT molecular complexity index is 738. The largest absolute Gasteiger partial charge is 0.463 e. The van der Waals surface area contributed by atoms with Gasteiger partial charge in [-0.05, 0) is 36.3 Å². The van der Waals surface area contributed by atoms with Crippen molar-refractivity contribution in [2.24, 2.45) is 0 Å². The van der Waals surface area contributed by atoms with Crippen LogP contribution in [0.5, 0.6) is 0 Å². The highest BCUT2D eigenvalue weighted by Crippen LogP contribution is 2.14. The number of ether oxygens (including phenoxy) is 2. The van der Waals surface area contributed by atoms with Crippen LogP contribution in [0.25, 0.3) is 6.08 Å². The lowest BCUT2D eigenvalue weighted by Gasteiger charge is -2.06. The molecule has 0 unspecified atom stereocenters. The van der Waals surface area contributed by atoms with Crippen LogP contribution >= 0.6 is 0 Å². The van der Waals surface area contributed by atoms with Crippen molar-refractivity contribution in [3.05, 3.63) is 77.1 Å². The van der Waals surface area contributed by atoms with Crippen LogP contribution in [0.4, 0.5) is 4.39 Å². The average Bonchev–Trinajstić information content (AvgIpc) is 2.59. The van der Waals surface area contributed by atoms with Gasteiger partial charge in [-0.2, -0.15) is 0 Å². The Morgan fingerprint density at radius 1 is 1.08 bits per heavy atom. The zero-order chi connectivity index (χ0) is 17.4. The molecule has 0 heterocycles. The van der Waals surface area contributed by atoms with Gasteiger partial charge in [0.25, 0.3) is 0 Å². The second kappa shape index (κ2) is 8.62. The number of hydrogen-bond acceptors (Lipinski definition) is 4. The number of hydrogen-bond donors (Lipinski definition) is 0. The standard InChI is InChI=1S/C19H17FO4/c1-2-23-18(21)11-9-14-8-10-16(17(20)12-14)19(22)24-13-15-6-4-3-5-7-15/h3-12H,2,13H2,1H3/b11-9+. The van der Waals surface area contributed by atoms with E-state index in [-0.39, 0.29) is 18.8 Å². The number of benzene rings is 2. The molecule has 0 aliphatic rings. The molecule has 0 bridgehead atoms. The van der Waals surface area contributed by atoms with Crippen molar-refractivity contribution in [3.8, 4) is 0 Å². The highest BCUT2D eigenvalue weighted by atomic mass is 19.1. The van der Waals surface area contributed by atoms with E-state index in [1.165, 1.54) is 24.3 Å². The lowest BCUT2D eigenvalue weighted by molar-refractivity contribution is -0.137. The molecule has 0 amide bonds. The summed E-state index contributed by atoms with van der Waals surface area (Å²) in [7, 11) is 0. The summed E-state index contributed by atoms with van der Waals surface area (Å²) in [6, 6.07) is 13.1. The monoisotopic (exact) mass is 328 g/mol. The van der Waals surface area contributed by atoms with E-state index in [9.17, 15) is 14.0 Å². The summed E-state index contributed by atoms with van der Waals surface area (Å²) >= 11 is 0. The minimum Gasteiger partial charge on any atom is -0.463 e. The van der Waals surface area contributed by atoms with Gasteiger partial charge >= 0.3 is 11.9 Å². The summed E-state index contributed by atoms with van der Waals surface area (Å²) in [5.41, 5.74) is 1.11. The molecule has 2 aromatic rings. The fourth-order valence-corrected chi connectivity index (χ4v) is 1.96. The molecule has 0 N–H and O–H groups in total. The Morgan fingerprint density at radius 3 is 2.50 bits per heavy atom. The summed E-state index contributed by atoms with van der Waals surface area (Å²) in [6.45, 7) is 2.04. The molecule has 0 saturated carbocycles. The van der Waals surface area contributed by atoms with Crippen molar-refractivity contribution in [1.29, 1.82) is 0 Å². The summed E-state index contributed by atoms with van der Waals surface area (Å²) in [4.78, 5) is 23.2. The second-order valence-corrected chi connectivity index (χ2v) is 4.89.